The molecule has 1 rings (SSSR count). The number of anilines is 2. The number of rotatable bonds is 5. The number of hydrogen-bond acceptors (Lipinski definition) is 3. The second kappa shape index (κ2) is 6.13. The Balaban J connectivity index is 2.71. The summed E-state index contributed by atoms with van der Waals surface area (Å²) in [5.74, 6) is 0.687. The Morgan fingerprint density at radius 3 is 2.76 bits per heavy atom. The van der Waals surface area contributed by atoms with Crippen molar-refractivity contribution in [3.63, 3.8) is 0 Å². The zero-order valence-electron chi connectivity index (χ0n) is 10.6. The van der Waals surface area contributed by atoms with Crippen LogP contribution in [0.1, 0.15) is 26.7 Å². The van der Waals surface area contributed by atoms with Gasteiger partial charge in [-0.3, -0.25) is 4.79 Å². The fourth-order valence-corrected chi connectivity index (χ4v) is 1.60. The molecule has 0 radical (unpaired) electrons. The minimum Gasteiger partial charge on any atom is -0.497 e. The number of carbonyl (C=O) groups excluding carboxylic acids is 1. The number of nitrogens with two attached hydrogens (primary N) is 1. The van der Waals surface area contributed by atoms with E-state index < -0.39 is 0 Å². The van der Waals surface area contributed by atoms with Crippen LogP contribution in [-0.4, -0.2) is 13.0 Å². The molecule has 0 heterocycles. The number of benzene rings is 1. The number of nitrogen functional groups attached to an aromatic ring is 1. The van der Waals surface area contributed by atoms with Gasteiger partial charge in [-0.15, -0.1) is 0 Å². The van der Waals surface area contributed by atoms with Gasteiger partial charge in [-0.2, -0.15) is 0 Å². The quantitative estimate of drug-likeness (QED) is 0.772. The van der Waals surface area contributed by atoms with Gasteiger partial charge in [-0.05, 0) is 18.6 Å². The molecule has 1 aromatic carbocycles. The minimum absolute atomic E-state index is 0.00139. The Kier molecular flexibility index (Phi) is 4.82. The molecule has 0 aromatic heterocycles. The number of nitrogens with one attached hydrogen (secondary N) is 1. The van der Waals surface area contributed by atoms with Crippen LogP contribution in [-0.2, 0) is 4.79 Å². The van der Waals surface area contributed by atoms with Crippen LogP contribution < -0.4 is 15.8 Å². The molecule has 0 bridgehead atoms. The van der Waals surface area contributed by atoms with Gasteiger partial charge in [-0.1, -0.05) is 20.3 Å². The van der Waals surface area contributed by atoms with Crippen molar-refractivity contribution in [1.29, 1.82) is 0 Å². The topological polar surface area (TPSA) is 64.3 Å². The third-order valence-corrected chi connectivity index (χ3v) is 2.69. The highest BCUT2D eigenvalue weighted by Gasteiger charge is 2.13. The maximum absolute atomic E-state index is 11.8. The molecule has 0 saturated heterocycles. The van der Waals surface area contributed by atoms with Gasteiger partial charge in [0.15, 0.2) is 0 Å². The average Bonchev–Trinajstić information content (AvgIpc) is 2.31. The van der Waals surface area contributed by atoms with Crippen molar-refractivity contribution in [2.45, 2.75) is 26.7 Å². The molecule has 0 aliphatic heterocycles. The van der Waals surface area contributed by atoms with E-state index >= 15 is 0 Å². The summed E-state index contributed by atoms with van der Waals surface area (Å²) in [5, 5.41) is 2.83. The molecule has 0 aliphatic rings. The van der Waals surface area contributed by atoms with Crippen molar-refractivity contribution in [2.24, 2.45) is 5.92 Å². The van der Waals surface area contributed by atoms with Gasteiger partial charge in [0, 0.05) is 12.0 Å². The predicted molar refractivity (Wildman–Crippen MR) is 70.1 cm³/mol. The molecule has 0 spiro atoms. The molecule has 4 nitrogen and oxygen atoms in total. The largest absolute Gasteiger partial charge is 0.497 e. The Bertz CT molecular complexity index is 391. The second-order valence-corrected chi connectivity index (χ2v) is 4.13. The maximum atomic E-state index is 11.8. The smallest absolute Gasteiger partial charge is 0.227 e. The molecule has 1 atom stereocenters. The van der Waals surface area contributed by atoms with E-state index in [0.29, 0.717) is 17.1 Å². The van der Waals surface area contributed by atoms with Crippen LogP contribution in [0.4, 0.5) is 11.4 Å². The van der Waals surface area contributed by atoms with Crippen LogP contribution in [0.15, 0.2) is 18.2 Å². The summed E-state index contributed by atoms with van der Waals surface area (Å²) in [4.78, 5) is 11.8. The monoisotopic (exact) mass is 236 g/mol. The van der Waals surface area contributed by atoms with Gasteiger partial charge in [0.25, 0.3) is 0 Å². The number of amides is 1. The molecule has 17 heavy (non-hydrogen) atoms. The molecule has 1 amide bonds. The molecule has 0 aliphatic carbocycles. The highest BCUT2D eigenvalue weighted by atomic mass is 16.5. The van der Waals surface area contributed by atoms with Crippen LogP contribution >= 0.6 is 0 Å². The van der Waals surface area contributed by atoms with Gasteiger partial charge in [0.1, 0.15) is 5.75 Å². The van der Waals surface area contributed by atoms with Gasteiger partial charge in [0.05, 0.1) is 18.5 Å². The van der Waals surface area contributed by atoms with E-state index in [0.717, 1.165) is 12.8 Å². The van der Waals surface area contributed by atoms with Gasteiger partial charge >= 0.3 is 0 Å². The summed E-state index contributed by atoms with van der Waals surface area (Å²) in [6, 6.07) is 5.22. The first-order valence-electron chi connectivity index (χ1n) is 5.82. The van der Waals surface area contributed by atoms with E-state index in [4.69, 9.17) is 10.5 Å². The summed E-state index contributed by atoms with van der Waals surface area (Å²) in [6.45, 7) is 3.98. The van der Waals surface area contributed by atoms with Crippen molar-refractivity contribution in [3.8, 4) is 5.75 Å². The standard InChI is InChI=1S/C13H20N2O2/c1-4-5-9(2)13(16)15-12-7-6-10(17-3)8-11(12)14/h6-9H,4-5,14H2,1-3H3,(H,15,16)/t9-/m1/s1. The van der Waals surface area contributed by atoms with E-state index in [2.05, 4.69) is 12.2 Å². The molecule has 4 heteroatoms. The van der Waals surface area contributed by atoms with E-state index in [-0.39, 0.29) is 11.8 Å². The third-order valence-electron chi connectivity index (χ3n) is 2.69. The highest BCUT2D eigenvalue weighted by molar-refractivity contribution is 5.95. The summed E-state index contributed by atoms with van der Waals surface area (Å²) < 4.78 is 5.05. The van der Waals surface area contributed by atoms with Crippen LogP contribution in [0.25, 0.3) is 0 Å². The Hall–Kier alpha value is -1.71. The molecular formula is C13H20N2O2. The van der Waals surface area contributed by atoms with Crippen LogP contribution in [0.3, 0.4) is 0 Å². The lowest BCUT2D eigenvalue weighted by atomic mass is 10.1. The molecule has 3 N–H and O–H groups in total. The normalized spacial score (nSPS) is 11.9. The fourth-order valence-electron chi connectivity index (χ4n) is 1.60. The number of methoxy groups -OCH3 is 1. The zero-order valence-corrected chi connectivity index (χ0v) is 10.6. The van der Waals surface area contributed by atoms with E-state index in [1.54, 1.807) is 25.3 Å². The van der Waals surface area contributed by atoms with E-state index in [1.807, 2.05) is 6.92 Å². The fraction of sp³-hybridized carbons (Fsp3) is 0.462. The number of ether oxygens (including phenoxy) is 1. The summed E-state index contributed by atoms with van der Waals surface area (Å²) in [5.41, 5.74) is 6.98. The number of hydrogen-bond donors (Lipinski definition) is 2. The molecule has 0 unspecified atom stereocenters. The minimum atomic E-state index is 0.00139. The van der Waals surface area contributed by atoms with Crippen molar-refractivity contribution >= 4 is 17.3 Å². The van der Waals surface area contributed by atoms with Crippen LogP contribution in [0.2, 0.25) is 0 Å². The Morgan fingerprint density at radius 2 is 2.24 bits per heavy atom. The SMILES string of the molecule is CCC[C@@H](C)C(=O)Nc1ccc(OC)cc1N. The average molecular weight is 236 g/mol. The van der Waals surface area contributed by atoms with Crippen molar-refractivity contribution in [3.05, 3.63) is 18.2 Å². The van der Waals surface area contributed by atoms with Crippen molar-refractivity contribution in [2.75, 3.05) is 18.2 Å². The zero-order chi connectivity index (χ0) is 12.8. The first kappa shape index (κ1) is 13.4. The lowest BCUT2D eigenvalue weighted by Crippen LogP contribution is -2.20. The predicted octanol–water partition coefficient (Wildman–Crippen LogP) is 2.65. The summed E-state index contributed by atoms with van der Waals surface area (Å²) in [7, 11) is 1.58. The van der Waals surface area contributed by atoms with Crippen molar-refractivity contribution < 1.29 is 9.53 Å². The third kappa shape index (κ3) is 3.66. The van der Waals surface area contributed by atoms with Gasteiger partial charge < -0.3 is 15.8 Å². The molecular weight excluding hydrogens is 216 g/mol. The lowest BCUT2D eigenvalue weighted by molar-refractivity contribution is -0.119. The Labute approximate surface area is 102 Å². The number of carbonyl (C=O) groups is 1. The molecule has 0 fully saturated rings. The first-order chi connectivity index (χ1) is 8.08. The summed E-state index contributed by atoms with van der Waals surface area (Å²) >= 11 is 0. The van der Waals surface area contributed by atoms with Crippen LogP contribution in [0, 0.1) is 5.92 Å². The molecule has 1 aromatic rings. The summed E-state index contributed by atoms with van der Waals surface area (Å²) in [6.07, 6.45) is 1.87. The van der Waals surface area contributed by atoms with E-state index in [9.17, 15) is 4.79 Å². The van der Waals surface area contributed by atoms with Crippen molar-refractivity contribution in [1.82, 2.24) is 0 Å². The molecule has 0 saturated carbocycles. The maximum Gasteiger partial charge on any atom is 0.227 e. The Morgan fingerprint density at radius 1 is 1.53 bits per heavy atom. The lowest BCUT2D eigenvalue weighted by Gasteiger charge is -2.13. The van der Waals surface area contributed by atoms with Crippen LogP contribution in [0.5, 0.6) is 5.75 Å². The second-order valence-electron chi connectivity index (χ2n) is 4.13. The highest BCUT2D eigenvalue weighted by Crippen LogP contribution is 2.24. The van der Waals surface area contributed by atoms with E-state index in [1.165, 1.54) is 0 Å². The van der Waals surface area contributed by atoms with Gasteiger partial charge in [0.2, 0.25) is 5.91 Å². The molecule has 94 valence electrons. The first-order valence-corrected chi connectivity index (χ1v) is 5.82. The van der Waals surface area contributed by atoms with Gasteiger partial charge in [-0.25, -0.2) is 0 Å².